The highest BCUT2D eigenvalue weighted by atomic mass is 19.1. The molecule has 3 unspecified atom stereocenters. The highest BCUT2D eigenvalue weighted by Crippen LogP contribution is 2.22. The number of nitrogens with one attached hydrogen (secondary N) is 2. The van der Waals surface area contributed by atoms with E-state index in [1.807, 2.05) is 0 Å². The summed E-state index contributed by atoms with van der Waals surface area (Å²) >= 11 is 0. The van der Waals surface area contributed by atoms with Crippen LogP contribution in [0.1, 0.15) is 59.4 Å². The number of likely N-dealkylation sites (tertiary alicyclic amines) is 1. The van der Waals surface area contributed by atoms with Crippen molar-refractivity contribution in [3.63, 3.8) is 0 Å². The van der Waals surface area contributed by atoms with Crippen LogP contribution >= 0.6 is 0 Å². The van der Waals surface area contributed by atoms with E-state index in [9.17, 15) is 33.2 Å². The summed E-state index contributed by atoms with van der Waals surface area (Å²) in [5.74, 6) is -4.48. The Morgan fingerprint density at radius 1 is 1.03 bits per heavy atom. The van der Waals surface area contributed by atoms with Crippen LogP contribution in [0.3, 0.4) is 0 Å². The van der Waals surface area contributed by atoms with Gasteiger partial charge in [-0.05, 0) is 49.1 Å². The second-order valence-electron chi connectivity index (χ2n) is 9.62. The fourth-order valence-electron chi connectivity index (χ4n) is 4.45. The summed E-state index contributed by atoms with van der Waals surface area (Å²) in [7, 11) is 0. The van der Waals surface area contributed by atoms with Crippen molar-refractivity contribution in [2.75, 3.05) is 6.54 Å². The molecule has 1 fully saturated rings. The Labute approximate surface area is 224 Å². The molecule has 3 N–H and O–H groups in total. The molecule has 1 heterocycles. The topological polar surface area (TPSA) is 150 Å². The van der Waals surface area contributed by atoms with Gasteiger partial charge in [0.25, 0.3) is 5.91 Å². The van der Waals surface area contributed by atoms with E-state index in [1.54, 1.807) is 26.0 Å². The highest BCUT2D eigenvalue weighted by Gasteiger charge is 2.39. The molecule has 206 valence electrons. The lowest BCUT2D eigenvalue weighted by atomic mass is 9.96. The van der Waals surface area contributed by atoms with E-state index in [0.717, 1.165) is 12.1 Å². The number of carbonyl (C=O) groups excluding carboxylic acids is 5. The zero-order valence-corrected chi connectivity index (χ0v) is 21.6. The van der Waals surface area contributed by atoms with E-state index >= 15 is 0 Å². The molecule has 1 aliphatic rings. The summed E-state index contributed by atoms with van der Waals surface area (Å²) in [6, 6.07) is 7.79. The minimum absolute atomic E-state index is 0.0310. The van der Waals surface area contributed by atoms with Crippen molar-refractivity contribution >= 4 is 35.8 Å². The second kappa shape index (κ2) is 12.9. The molecule has 0 radical (unpaired) electrons. The summed E-state index contributed by atoms with van der Waals surface area (Å²) < 4.78 is 13.3. The number of amides is 3. The van der Waals surface area contributed by atoms with E-state index in [1.165, 1.54) is 29.2 Å². The Hall–Kier alpha value is -4.41. The van der Waals surface area contributed by atoms with Crippen LogP contribution in [0, 0.1) is 11.7 Å². The average Bonchev–Trinajstić information content (AvgIpc) is 3.40. The lowest BCUT2D eigenvalue weighted by Gasteiger charge is -2.31. The van der Waals surface area contributed by atoms with Gasteiger partial charge in [-0.3, -0.25) is 24.0 Å². The second-order valence-corrected chi connectivity index (χ2v) is 9.62. The first-order valence-corrected chi connectivity index (χ1v) is 12.5. The number of carboxylic acid groups (broad SMARTS) is 1. The minimum Gasteiger partial charge on any atom is -0.481 e. The van der Waals surface area contributed by atoms with E-state index in [4.69, 9.17) is 5.11 Å². The summed E-state index contributed by atoms with van der Waals surface area (Å²) in [6.07, 6.45) is 0.553. The van der Waals surface area contributed by atoms with Gasteiger partial charge in [-0.25, -0.2) is 4.39 Å². The molecule has 10 nitrogen and oxygen atoms in total. The number of nitrogens with zero attached hydrogens (tertiary/aromatic N) is 1. The van der Waals surface area contributed by atoms with Crippen LogP contribution in [0.15, 0.2) is 48.5 Å². The van der Waals surface area contributed by atoms with Crippen molar-refractivity contribution in [2.45, 2.75) is 51.2 Å². The smallest absolute Gasteiger partial charge is 0.305 e. The monoisotopic (exact) mass is 539 g/mol. The quantitative estimate of drug-likeness (QED) is 0.292. The molecule has 2 aromatic rings. The maximum absolute atomic E-state index is 13.5. The summed E-state index contributed by atoms with van der Waals surface area (Å²) in [4.78, 5) is 76.2. The Morgan fingerprint density at radius 2 is 1.67 bits per heavy atom. The number of rotatable bonds is 11. The van der Waals surface area contributed by atoms with Gasteiger partial charge >= 0.3 is 5.97 Å². The number of halogens is 1. The maximum atomic E-state index is 13.5. The van der Waals surface area contributed by atoms with Crippen molar-refractivity contribution in [3.8, 4) is 0 Å². The molecular weight excluding hydrogens is 509 g/mol. The van der Waals surface area contributed by atoms with Gasteiger partial charge in [0.05, 0.1) is 18.0 Å². The van der Waals surface area contributed by atoms with Gasteiger partial charge in [0.15, 0.2) is 5.78 Å². The van der Waals surface area contributed by atoms with Gasteiger partial charge in [0.1, 0.15) is 24.2 Å². The minimum atomic E-state index is -1.26. The SMILES string of the molecule is CC(C)C(NC(=O)c1ccccc1C(=O)c1ccc(F)cc1)C(=O)N1CCCC1C(=O)NC(C=O)CC(=O)O. The fraction of sp³-hybridized carbons (Fsp3) is 0.357. The predicted octanol–water partition coefficient (Wildman–Crippen LogP) is 1.96. The van der Waals surface area contributed by atoms with E-state index in [-0.39, 0.29) is 29.2 Å². The van der Waals surface area contributed by atoms with E-state index < -0.39 is 59.8 Å². The van der Waals surface area contributed by atoms with Crippen molar-refractivity contribution in [1.82, 2.24) is 15.5 Å². The molecule has 0 aliphatic carbocycles. The Kier molecular flexibility index (Phi) is 9.64. The molecule has 0 spiro atoms. The highest BCUT2D eigenvalue weighted by molar-refractivity contribution is 6.15. The first-order chi connectivity index (χ1) is 18.5. The van der Waals surface area contributed by atoms with Crippen LogP contribution in [0.25, 0.3) is 0 Å². The first kappa shape index (κ1) is 29.2. The number of aliphatic carboxylic acids is 1. The summed E-state index contributed by atoms with van der Waals surface area (Å²) in [5, 5.41) is 14.0. The third-order valence-corrected chi connectivity index (χ3v) is 6.47. The summed E-state index contributed by atoms with van der Waals surface area (Å²) in [6.45, 7) is 3.68. The third-order valence-electron chi connectivity index (χ3n) is 6.47. The van der Waals surface area contributed by atoms with Gasteiger partial charge in [-0.1, -0.05) is 32.0 Å². The Balaban J connectivity index is 1.79. The van der Waals surface area contributed by atoms with Gasteiger partial charge in [-0.15, -0.1) is 0 Å². The zero-order chi connectivity index (χ0) is 28.7. The molecule has 3 atom stereocenters. The van der Waals surface area contributed by atoms with Crippen molar-refractivity contribution in [3.05, 3.63) is 71.0 Å². The zero-order valence-electron chi connectivity index (χ0n) is 21.6. The molecule has 0 aromatic heterocycles. The van der Waals surface area contributed by atoms with Crippen LogP contribution in [-0.4, -0.2) is 70.4 Å². The van der Waals surface area contributed by atoms with Crippen molar-refractivity contribution in [1.29, 1.82) is 0 Å². The van der Waals surface area contributed by atoms with E-state index in [0.29, 0.717) is 19.1 Å². The van der Waals surface area contributed by atoms with Crippen LogP contribution in [0.2, 0.25) is 0 Å². The van der Waals surface area contributed by atoms with E-state index in [2.05, 4.69) is 10.6 Å². The van der Waals surface area contributed by atoms with Crippen LogP contribution in [0.5, 0.6) is 0 Å². The number of hydrogen-bond donors (Lipinski definition) is 3. The number of benzene rings is 2. The number of ketones is 1. The Morgan fingerprint density at radius 3 is 2.26 bits per heavy atom. The number of hydrogen-bond acceptors (Lipinski definition) is 6. The van der Waals surface area contributed by atoms with Gasteiger partial charge < -0.3 is 25.4 Å². The van der Waals surface area contributed by atoms with Gasteiger partial charge in [0.2, 0.25) is 11.8 Å². The third kappa shape index (κ3) is 7.13. The number of aldehydes is 1. The van der Waals surface area contributed by atoms with Gasteiger partial charge in [-0.2, -0.15) is 0 Å². The van der Waals surface area contributed by atoms with Gasteiger partial charge in [0, 0.05) is 17.7 Å². The molecule has 39 heavy (non-hydrogen) atoms. The molecule has 1 aliphatic heterocycles. The molecule has 2 aromatic carbocycles. The summed E-state index contributed by atoms with van der Waals surface area (Å²) in [5.41, 5.74) is 0.299. The Bertz CT molecular complexity index is 1260. The van der Waals surface area contributed by atoms with Crippen LogP contribution < -0.4 is 10.6 Å². The lowest BCUT2D eigenvalue weighted by Crippen LogP contribution is -2.56. The normalized spacial score (nSPS) is 16.3. The number of carbonyl (C=O) groups is 6. The first-order valence-electron chi connectivity index (χ1n) is 12.5. The molecule has 3 amide bonds. The fourth-order valence-corrected chi connectivity index (χ4v) is 4.45. The van der Waals surface area contributed by atoms with Crippen LogP contribution in [-0.2, 0) is 19.2 Å². The van der Waals surface area contributed by atoms with Crippen molar-refractivity contribution in [2.24, 2.45) is 5.92 Å². The molecule has 1 saturated heterocycles. The predicted molar refractivity (Wildman–Crippen MR) is 137 cm³/mol. The molecule has 0 saturated carbocycles. The van der Waals surface area contributed by atoms with Crippen LogP contribution in [0.4, 0.5) is 4.39 Å². The molecule has 11 heteroatoms. The molecule has 0 bridgehead atoms. The largest absolute Gasteiger partial charge is 0.481 e. The maximum Gasteiger partial charge on any atom is 0.305 e. The number of carboxylic acids is 1. The average molecular weight is 540 g/mol. The lowest BCUT2D eigenvalue weighted by molar-refractivity contribution is -0.142. The van der Waals surface area contributed by atoms with Crippen molar-refractivity contribution < 1.29 is 38.3 Å². The standard InChI is InChI=1S/C28H30FN3O7/c1-16(2)24(28(39)32-13-5-8-22(32)27(38)30-19(15-33)14-23(34)35)31-26(37)21-7-4-3-6-20(21)25(36)17-9-11-18(29)12-10-17/h3-4,6-7,9-12,15-16,19,22,24H,5,8,13-14H2,1-2H3,(H,30,38)(H,31,37)(H,34,35). The molecule has 3 rings (SSSR count). The molecular formula is C28H30FN3O7.